The standard InChI is InChI=1S/C20H26F2N2O4/c21-20(22)28-17-6-3-15(4-7-17)5-8-18(25)24-9-1-2-16(14-24)19(26)23-10-12-27-13-11-23/h3-4,6-7,16,20H,1-2,5,8-14H2. The first-order valence-electron chi connectivity index (χ1n) is 9.71. The Bertz CT molecular complexity index is 663. The van der Waals surface area contributed by atoms with Crippen LogP contribution < -0.4 is 4.74 Å². The van der Waals surface area contributed by atoms with Gasteiger partial charge in [-0.2, -0.15) is 8.78 Å². The van der Waals surface area contributed by atoms with Crippen molar-refractivity contribution < 1.29 is 27.8 Å². The summed E-state index contributed by atoms with van der Waals surface area (Å²) in [7, 11) is 0. The molecule has 0 aromatic heterocycles. The van der Waals surface area contributed by atoms with Crippen molar-refractivity contribution in [3.8, 4) is 5.75 Å². The van der Waals surface area contributed by atoms with Gasteiger partial charge in [0.25, 0.3) is 0 Å². The summed E-state index contributed by atoms with van der Waals surface area (Å²) >= 11 is 0. The van der Waals surface area contributed by atoms with Gasteiger partial charge < -0.3 is 19.3 Å². The van der Waals surface area contributed by atoms with Gasteiger partial charge in [-0.1, -0.05) is 12.1 Å². The lowest BCUT2D eigenvalue weighted by Gasteiger charge is -2.36. The van der Waals surface area contributed by atoms with E-state index >= 15 is 0 Å². The summed E-state index contributed by atoms with van der Waals surface area (Å²) in [4.78, 5) is 28.9. The number of hydrogen-bond acceptors (Lipinski definition) is 4. The van der Waals surface area contributed by atoms with Crippen LogP contribution in [0.3, 0.4) is 0 Å². The van der Waals surface area contributed by atoms with Gasteiger partial charge in [0, 0.05) is 32.6 Å². The van der Waals surface area contributed by atoms with Crippen LogP contribution in [0.25, 0.3) is 0 Å². The average Bonchev–Trinajstić information content (AvgIpc) is 2.73. The highest BCUT2D eigenvalue weighted by atomic mass is 19.3. The molecule has 0 radical (unpaired) electrons. The quantitative estimate of drug-likeness (QED) is 0.741. The molecule has 0 aliphatic carbocycles. The summed E-state index contributed by atoms with van der Waals surface area (Å²) in [6.45, 7) is 0.677. The van der Waals surface area contributed by atoms with Gasteiger partial charge in [-0.3, -0.25) is 9.59 Å². The fourth-order valence-electron chi connectivity index (χ4n) is 3.69. The maximum atomic E-state index is 12.7. The number of rotatable bonds is 6. The lowest BCUT2D eigenvalue weighted by molar-refractivity contribution is -0.144. The third-order valence-electron chi connectivity index (χ3n) is 5.22. The van der Waals surface area contributed by atoms with Gasteiger partial charge in [0.05, 0.1) is 19.1 Å². The molecule has 2 saturated heterocycles. The van der Waals surface area contributed by atoms with E-state index in [-0.39, 0.29) is 23.5 Å². The Morgan fingerprint density at radius 1 is 1.11 bits per heavy atom. The zero-order valence-corrected chi connectivity index (χ0v) is 15.8. The number of alkyl halides is 2. The lowest BCUT2D eigenvalue weighted by atomic mass is 9.95. The molecule has 1 aromatic carbocycles. The van der Waals surface area contributed by atoms with Crippen LogP contribution in [0.4, 0.5) is 8.78 Å². The van der Waals surface area contributed by atoms with E-state index in [2.05, 4.69) is 4.74 Å². The van der Waals surface area contributed by atoms with Crippen molar-refractivity contribution in [1.29, 1.82) is 0 Å². The van der Waals surface area contributed by atoms with E-state index in [1.54, 1.807) is 17.0 Å². The topological polar surface area (TPSA) is 59.1 Å². The fourth-order valence-corrected chi connectivity index (χ4v) is 3.69. The Morgan fingerprint density at radius 3 is 2.50 bits per heavy atom. The number of likely N-dealkylation sites (tertiary alicyclic amines) is 1. The van der Waals surface area contributed by atoms with E-state index in [1.807, 2.05) is 4.90 Å². The van der Waals surface area contributed by atoms with Gasteiger partial charge in [-0.25, -0.2) is 0 Å². The van der Waals surface area contributed by atoms with Crippen molar-refractivity contribution in [2.45, 2.75) is 32.3 Å². The number of carbonyl (C=O) groups excluding carboxylic acids is 2. The van der Waals surface area contributed by atoms with Gasteiger partial charge in [-0.05, 0) is 37.0 Å². The van der Waals surface area contributed by atoms with Gasteiger partial charge >= 0.3 is 6.61 Å². The number of amides is 2. The normalized spacial score (nSPS) is 20.3. The number of benzene rings is 1. The predicted molar refractivity (Wildman–Crippen MR) is 98.1 cm³/mol. The van der Waals surface area contributed by atoms with E-state index in [1.165, 1.54) is 12.1 Å². The highest BCUT2D eigenvalue weighted by Gasteiger charge is 2.31. The smallest absolute Gasteiger partial charge is 0.387 e. The number of morpholine rings is 1. The molecular weight excluding hydrogens is 370 g/mol. The van der Waals surface area contributed by atoms with Crippen molar-refractivity contribution in [2.24, 2.45) is 5.92 Å². The van der Waals surface area contributed by atoms with Crippen LogP contribution in [0, 0.1) is 5.92 Å². The molecule has 1 unspecified atom stereocenters. The molecule has 2 fully saturated rings. The van der Waals surface area contributed by atoms with Crippen molar-refractivity contribution in [1.82, 2.24) is 9.80 Å². The summed E-state index contributed by atoms with van der Waals surface area (Å²) in [6.07, 6.45) is 2.48. The molecule has 0 N–H and O–H groups in total. The summed E-state index contributed by atoms with van der Waals surface area (Å²) in [5, 5.41) is 0. The first-order chi connectivity index (χ1) is 13.5. The molecule has 0 bridgehead atoms. The maximum Gasteiger partial charge on any atom is 0.387 e. The van der Waals surface area contributed by atoms with Crippen LogP contribution in [0.5, 0.6) is 5.75 Å². The highest BCUT2D eigenvalue weighted by molar-refractivity contribution is 5.81. The number of nitrogens with zero attached hydrogens (tertiary/aromatic N) is 2. The van der Waals surface area contributed by atoms with Crippen LogP contribution >= 0.6 is 0 Å². The van der Waals surface area contributed by atoms with Gasteiger partial charge in [-0.15, -0.1) is 0 Å². The molecule has 2 heterocycles. The Kier molecular flexibility index (Phi) is 7.19. The number of carbonyl (C=O) groups is 2. The number of halogens is 2. The molecule has 3 rings (SSSR count). The monoisotopic (exact) mass is 396 g/mol. The molecular formula is C20H26F2N2O4. The lowest BCUT2D eigenvalue weighted by Crippen LogP contribution is -2.49. The molecule has 2 aliphatic rings. The summed E-state index contributed by atoms with van der Waals surface area (Å²) in [5.41, 5.74) is 0.882. The molecule has 1 aromatic rings. The van der Waals surface area contributed by atoms with Crippen LogP contribution in [-0.2, 0) is 20.7 Å². The van der Waals surface area contributed by atoms with Crippen molar-refractivity contribution in [2.75, 3.05) is 39.4 Å². The molecule has 2 amide bonds. The minimum absolute atomic E-state index is 0.0207. The number of aryl methyl sites for hydroxylation is 1. The second-order valence-corrected chi connectivity index (χ2v) is 7.14. The molecule has 0 saturated carbocycles. The molecule has 28 heavy (non-hydrogen) atoms. The second kappa shape index (κ2) is 9.82. The number of ether oxygens (including phenoxy) is 2. The molecule has 2 aliphatic heterocycles. The van der Waals surface area contributed by atoms with Gasteiger partial charge in [0.1, 0.15) is 5.75 Å². The highest BCUT2D eigenvalue weighted by Crippen LogP contribution is 2.21. The Labute approximate surface area is 163 Å². The molecule has 154 valence electrons. The van der Waals surface area contributed by atoms with Crippen LogP contribution in [0.1, 0.15) is 24.8 Å². The third-order valence-corrected chi connectivity index (χ3v) is 5.22. The Balaban J connectivity index is 1.47. The van der Waals surface area contributed by atoms with Crippen LogP contribution in [0.15, 0.2) is 24.3 Å². The third kappa shape index (κ3) is 5.64. The Morgan fingerprint density at radius 2 is 1.82 bits per heavy atom. The van der Waals surface area contributed by atoms with Crippen molar-refractivity contribution in [3.05, 3.63) is 29.8 Å². The maximum absolute atomic E-state index is 12.7. The number of piperidine rings is 1. The second-order valence-electron chi connectivity index (χ2n) is 7.14. The number of hydrogen-bond donors (Lipinski definition) is 0. The van der Waals surface area contributed by atoms with E-state index in [0.29, 0.717) is 52.2 Å². The first kappa shape index (κ1) is 20.5. The molecule has 8 heteroatoms. The van der Waals surface area contributed by atoms with Crippen LogP contribution in [-0.4, -0.2) is 67.6 Å². The van der Waals surface area contributed by atoms with Gasteiger partial charge in [0.15, 0.2) is 0 Å². The molecule has 6 nitrogen and oxygen atoms in total. The minimum Gasteiger partial charge on any atom is -0.435 e. The van der Waals surface area contributed by atoms with Gasteiger partial charge in [0.2, 0.25) is 11.8 Å². The summed E-state index contributed by atoms with van der Waals surface area (Å²) < 4.78 is 34.0. The fraction of sp³-hybridized carbons (Fsp3) is 0.600. The zero-order chi connectivity index (χ0) is 19.9. The van der Waals surface area contributed by atoms with Crippen molar-refractivity contribution in [3.63, 3.8) is 0 Å². The van der Waals surface area contributed by atoms with Crippen LogP contribution in [0.2, 0.25) is 0 Å². The zero-order valence-electron chi connectivity index (χ0n) is 15.8. The molecule has 1 atom stereocenters. The van der Waals surface area contributed by atoms with Crippen molar-refractivity contribution >= 4 is 11.8 Å². The van der Waals surface area contributed by atoms with E-state index in [0.717, 1.165) is 18.4 Å². The molecule has 0 spiro atoms. The SMILES string of the molecule is O=C(CCc1ccc(OC(F)F)cc1)N1CCCC(C(=O)N2CCOCC2)C1. The first-order valence-corrected chi connectivity index (χ1v) is 9.71. The van der Waals surface area contributed by atoms with E-state index in [9.17, 15) is 18.4 Å². The Hall–Kier alpha value is -2.22. The summed E-state index contributed by atoms with van der Waals surface area (Å²) in [6, 6.07) is 6.33. The predicted octanol–water partition coefficient (Wildman–Crippen LogP) is 2.32. The largest absolute Gasteiger partial charge is 0.435 e. The van der Waals surface area contributed by atoms with E-state index in [4.69, 9.17) is 4.74 Å². The minimum atomic E-state index is -2.85. The average molecular weight is 396 g/mol. The van der Waals surface area contributed by atoms with E-state index < -0.39 is 6.61 Å². The summed E-state index contributed by atoms with van der Waals surface area (Å²) in [5.74, 6) is 0.106.